The van der Waals surface area contributed by atoms with Crippen molar-refractivity contribution in [3.63, 3.8) is 0 Å². The molecule has 2 rings (SSSR count). The van der Waals surface area contributed by atoms with Crippen LogP contribution in [0.5, 0.6) is 0 Å². The minimum atomic E-state index is 0.0944. The second-order valence-corrected chi connectivity index (χ2v) is 3.74. The number of anilines is 1. The maximum Gasteiger partial charge on any atom is 0.223 e. The van der Waals surface area contributed by atoms with Crippen molar-refractivity contribution < 1.29 is 9.53 Å². The Bertz CT molecular complexity index is 376. The molecule has 0 saturated heterocycles. The average Bonchev–Trinajstić information content (AvgIpc) is 2.27. The van der Waals surface area contributed by atoms with Gasteiger partial charge in [0.25, 0.3) is 0 Å². The molecule has 0 spiro atoms. The Morgan fingerprint density at radius 3 is 2.87 bits per heavy atom. The van der Waals surface area contributed by atoms with E-state index in [-0.39, 0.29) is 12.0 Å². The molecule has 1 aliphatic rings. The highest BCUT2D eigenvalue weighted by Crippen LogP contribution is 2.35. The predicted octanol–water partition coefficient (Wildman–Crippen LogP) is 2.13. The predicted molar refractivity (Wildman–Crippen MR) is 58.8 cm³/mol. The van der Waals surface area contributed by atoms with Crippen LogP contribution in [0.1, 0.15) is 25.0 Å². The van der Waals surface area contributed by atoms with Gasteiger partial charge in [0.2, 0.25) is 5.91 Å². The van der Waals surface area contributed by atoms with E-state index in [0.29, 0.717) is 0 Å². The molecule has 1 atom stereocenters. The molecular formula is C12H15NO2. The molecule has 3 nitrogen and oxygen atoms in total. The van der Waals surface area contributed by atoms with Crippen LogP contribution >= 0.6 is 0 Å². The summed E-state index contributed by atoms with van der Waals surface area (Å²) in [5.74, 6) is 0.0944. The lowest BCUT2D eigenvalue weighted by molar-refractivity contribution is -0.116. The van der Waals surface area contributed by atoms with Gasteiger partial charge in [0.15, 0.2) is 0 Å². The van der Waals surface area contributed by atoms with E-state index < -0.39 is 0 Å². The number of para-hydroxylation sites is 1. The summed E-state index contributed by atoms with van der Waals surface area (Å²) >= 11 is 0. The minimum Gasteiger partial charge on any atom is -0.377 e. The van der Waals surface area contributed by atoms with Crippen LogP contribution in [-0.4, -0.2) is 19.6 Å². The summed E-state index contributed by atoms with van der Waals surface area (Å²) in [6.45, 7) is 2.34. The second kappa shape index (κ2) is 4.03. The number of benzene rings is 1. The fraction of sp³-hybridized carbons (Fsp3) is 0.417. The van der Waals surface area contributed by atoms with Crippen LogP contribution < -0.4 is 4.90 Å². The highest BCUT2D eigenvalue weighted by Gasteiger charge is 2.26. The topological polar surface area (TPSA) is 29.5 Å². The standard InChI is InChI=1S/C12H15NO2/c1-9(14)13-8-7-12(15-2)10-5-3-4-6-11(10)13/h3-6,12H,7-8H2,1-2H3. The highest BCUT2D eigenvalue weighted by atomic mass is 16.5. The summed E-state index contributed by atoms with van der Waals surface area (Å²) in [7, 11) is 1.71. The van der Waals surface area contributed by atoms with E-state index in [1.807, 2.05) is 29.2 Å². The van der Waals surface area contributed by atoms with E-state index in [9.17, 15) is 4.79 Å². The van der Waals surface area contributed by atoms with Crippen LogP contribution in [0.15, 0.2) is 24.3 Å². The quantitative estimate of drug-likeness (QED) is 0.703. The Balaban J connectivity index is 2.43. The van der Waals surface area contributed by atoms with Crippen molar-refractivity contribution in [2.45, 2.75) is 19.4 Å². The normalized spacial score (nSPS) is 19.9. The van der Waals surface area contributed by atoms with E-state index in [1.54, 1.807) is 14.0 Å². The first kappa shape index (κ1) is 10.2. The van der Waals surface area contributed by atoms with Crippen molar-refractivity contribution in [3.05, 3.63) is 29.8 Å². The van der Waals surface area contributed by atoms with Gasteiger partial charge in [-0.3, -0.25) is 4.79 Å². The summed E-state index contributed by atoms with van der Waals surface area (Å²) in [5.41, 5.74) is 2.10. The monoisotopic (exact) mass is 205 g/mol. The fourth-order valence-electron chi connectivity index (χ4n) is 2.10. The lowest BCUT2D eigenvalue weighted by Crippen LogP contribution is -2.35. The molecule has 15 heavy (non-hydrogen) atoms. The molecule has 1 aromatic rings. The zero-order valence-corrected chi connectivity index (χ0v) is 9.06. The molecule has 0 fully saturated rings. The fourth-order valence-corrected chi connectivity index (χ4v) is 2.10. The largest absolute Gasteiger partial charge is 0.377 e. The first-order valence-electron chi connectivity index (χ1n) is 5.14. The molecular weight excluding hydrogens is 190 g/mol. The zero-order valence-electron chi connectivity index (χ0n) is 9.06. The van der Waals surface area contributed by atoms with Crippen molar-refractivity contribution in [1.82, 2.24) is 0 Å². The number of methoxy groups -OCH3 is 1. The number of nitrogens with zero attached hydrogens (tertiary/aromatic N) is 1. The summed E-state index contributed by atoms with van der Waals surface area (Å²) < 4.78 is 5.41. The van der Waals surface area contributed by atoms with Crippen LogP contribution in [0.3, 0.4) is 0 Å². The van der Waals surface area contributed by atoms with Gasteiger partial charge in [-0.05, 0) is 12.5 Å². The molecule has 0 saturated carbocycles. The Morgan fingerprint density at radius 1 is 1.47 bits per heavy atom. The van der Waals surface area contributed by atoms with Crippen LogP contribution in [0.2, 0.25) is 0 Å². The van der Waals surface area contributed by atoms with E-state index in [4.69, 9.17) is 4.74 Å². The number of amides is 1. The molecule has 0 radical (unpaired) electrons. The third-order valence-corrected chi connectivity index (χ3v) is 2.85. The smallest absolute Gasteiger partial charge is 0.223 e. The van der Waals surface area contributed by atoms with Gasteiger partial charge in [-0.2, -0.15) is 0 Å². The lowest BCUT2D eigenvalue weighted by atomic mass is 9.99. The molecule has 0 aromatic heterocycles. The highest BCUT2D eigenvalue weighted by molar-refractivity contribution is 5.92. The minimum absolute atomic E-state index is 0.0944. The maximum absolute atomic E-state index is 11.4. The van der Waals surface area contributed by atoms with Crippen molar-refractivity contribution in [3.8, 4) is 0 Å². The Hall–Kier alpha value is -1.35. The third-order valence-electron chi connectivity index (χ3n) is 2.85. The summed E-state index contributed by atoms with van der Waals surface area (Å²) in [5, 5.41) is 0. The number of fused-ring (bicyclic) bond motifs is 1. The first-order valence-corrected chi connectivity index (χ1v) is 5.14. The van der Waals surface area contributed by atoms with Gasteiger partial charge < -0.3 is 9.64 Å². The molecule has 1 amide bonds. The zero-order chi connectivity index (χ0) is 10.8. The van der Waals surface area contributed by atoms with Gasteiger partial charge in [-0.25, -0.2) is 0 Å². The number of ether oxygens (including phenoxy) is 1. The van der Waals surface area contributed by atoms with Crippen molar-refractivity contribution in [1.29, 1.82) is 0 Å². The average molecular weight is 205 g/mol. The van der Waals surface area contributed by atoms with E-state index in [0.717, 1.165) is 24.2 Å². The third kappa shape index (κ3) is 1.75. The Morgan fingerprint density at radius 2 is 2.20 bits per heavy atom. The Kier molecular flexibility index (Phi) is 2.73. The van der Waals surface area contributed by atoms with Crippen LogP contribution in [0, 0.1) is 0 Å². The number of rotatable bonds is 1. The molecule has 0 aliphatic carbocycles. The van der Waals surface area contributed by atoms with Gasteiger partial charge in [0, 0.05) is 31.8 Å². The Labute approximate surface area is 89.7 Å². The van der Waals surface area contributed by atoms with Gasteiger partial charge in [-0.1, -0.05) is 18.2 Å². The van der Waals surface area contributed by atoms with Crippen molar-refractivity contribution in [2.75, 3.05) is 18.6 Å². The van der Waals surface area contributed by atoms with Crippen molar-refractivity contribution in [2.24, 2.45) is 0 Å². The molecule has 1 unspecified atom stereocenters. The van der Waals surface area contributed by atoms with Gasteiger partial charge in [0.05, 0.1) is 6.10 Å². The number of carbonyl (C=O) groups excluding carboxylic acids is 1. The summed E-state index contributed by atoms with van der Waals surface area (Å²) in [4.78, 5) is 13.3. The van der Waals surface area contributed by atoms with Gasteiger partial charge in [-0.15, -0.1) is 0 Å². The van der Waals surface area contributed by atoms with E-state index in [1.165, 1.54) is 0 Å². The van der Waals surface area contributed by atoms with Gasteiger partial charge in [0.1, 0.15) is 0 Å². The second-order valence-electron chi connectivity index (χ2n) is 3.74. The van der Waals surface area contributed by atoms with Gasteiger partial charge >= 0.3 is 0 Å². The van der Waals surface area contributed by atoms with Crippen molar-refractivity contribution >= 4 is 11.6 Å². The van der Waals surface area contributed by atoms with E-state index in [2.05, 4.69) is 0 Å². The number of carbonyl (C=O) groups is 1. The molecule has 1 heterocycles. The summed E-state index contributed by atoms with van der Waals surface area (Å²) in [6.07, 6.45) is 0.990. The SMILES string of the molecule is COC1CCN(C(C)=O)c2ccccc21. The molecule has 0 N–H and O–H groups in total. The molecule has 1 aromatic carbocycles. The van der Waals surface area contributed by atoms with Crippen LogP contribution in [-0.2, 0) is 9.53 Å². The molecule has 3 heteroatoms. The van der Waals surface area contributed by atoms with E-state index >= 15 is 0 Å². The molecule has 0 bridgehead atoms. The number of hydrogen-bond donors (Lipinski definition) is 0. The molecule has 80 valence electrons. The molecule has 1 aliphatic heterocycles. The maximum atomic E-state index is 11.4. The summed E-state index contributed by atoms with van der Waals surface area (Å²) in [6, 6.07) is 7.93. The lowest BCUT2D eigenvalue weighted by Gasteiger charge is -2.32. The first-order chi connectivity index (χ1) is 7.24. The van der Waals surface area contributed by atoms with Crippen LogP contribution in [0.4, 0.5) is 5.69 Å². The number of hydrogen-bond acceptors (Lipinski definition) is 2. The van der Waals surface area contributed by atoms with Crippen LogP contribution in [0.25, 0.3) is 0 Å².